The Hall–Kier alpha value is -2.87. The van der Waals surface area contributed by atoms with E-state index in [4.69, 9.17) is 5.73 Å². The van der Waals surface area contributed by atoms with E-state index >= 15 is 0 Å². The molecule has 1 fully saturated rings. The Morgan fingerprint density at radius 1 is 1.04 bits per heavy atom. The molecule has 0 unspecified atom stereocenters. The quantitative estimate of drug-likeness (QED) is 0.823. The summed E-state index contributed by atoms with van der Waals surface area (Å²) in [5.74, 6) is 0.309. The molecule has 0 atom stereocenters. The number of carbonyl (C=O) groups is 2. The van der Waals surface area contributed by atoms with Crippen LogP contribution >= 0.6 is 0 Å². The van der Waals surface area contributed by atoms with E-state index in [1.165, 1.54) is 0 Å². The number of carbonyl (C=O) groups excluding carboxylic acids is 2. The van der Waals surface area contributed by atoms with Crippen molar-refractivity contribution >= 4 is 11.9 Å². The second-order valence-electron chi connectivity index (χ2n) is 7.20. The molecule has 2 aliphatic rings. The zero-order valence-electron chi connectivity index (χ0n) is 15.4. The van der Waals surface area contributed by atoms with Crippen LogP contribution < -0.4 is 5.73 Å². The van der Waals surface area contributed by atoms with E-state index in [9.17, 15) is 9.59 Å². The van der Waals surface area contributed by atoms with Crippen molar-refractivity contribution in [1.82, 2.24) is 24.7 Å². The monoisotopic (exact) mass is 368 g/mol. The first-order chi connectivity index (χ1) is 13.0. The third-order valence-corrected chi connectivity index (χ3v) is 5.32. The summed E-state index contributed by atoms with van der Waals surface area (Å²) in [4.78, 5) is 38.1. The summed E-state index contributed by atoms with van der Waals surface area (Å²) in [6.07, 6.45) is 0.741. The van der Waals surface area contributed by atoms with Crippen LogP contribution in [0.1, 0.15) is 21.7 Å². The van der Waals surface area contributed by atoms with E-state index in [0.717, 1.165) is 55.4 Å². The van der Waals surface area contributed by atoms with E-state index in [1.54, 1.807) is 12.1 Å². The molecule has 1 aromatic carbocycles. The van der Waals surface area contributed by atoms with Gasteiger partial charge in [0.25, 0.3) is 0 Å². The Bertz CT molecular complexity index is 852. The van der Waals surface area contributed by atoms with Gasteiger partial charge in [0.1, 0.15) is 5.82 Å². The number of nitrogens with two attached hydrogens (primary N) is 1. The number of amides is 3. The lowest BCUT2D eigenvalue weighted by molar-refractivity contribution is 0.1000. The minimum Gasteiger partial charge on any atom is -0.366 e. The van der Waals surface area contributed by atoms with Crippen molar-refractivity contribution in [2.75, 3.05) is 39.8 Å². The van der Waals surface area contributed by atoms with Crippen molar-refractivity contribution in [2.45, 2.75) is 13.0 Å². The first-order valence-electron chi connectivity index (χ1n) is 9.21. The number of nitrogens with zero attached hydrogens (tertiary/aromatic N) is 4. The van der Waals surface area contributed by atoms with E-state index in [0.29, 0.717) is 18.7 Å². The average molecular weight is 368 g/mol. The Labute approximate surface area is 157 Å². The van der Waals surface area contributed by atoms with Gasteiger partial charge in [-0.05, 0) is 19.2 Å². The number of hydrogen-bond donors (Lipinski definition) is 2. The van der Waals surface area contributed by atoms with Gasteiger partial charge in [0.15, 0.2) is 0 Å². The highest BCUT2D eigenvalue weighted by atomic mass is 16.2. The first kappa shape index (κ1) is 17.5. The lowest BCUT2D eigenvalue weighted by Crippen LogP contribution is -2.52. The molecule has 142 valence electrons. The minimum atomic E-state index is -0.446. The van der Waals surface area contributed by atoms with Crippen LogP contribution in [-0.2, 0) is 13.0 Å². The van der Waals surface area contributed by atoms with Gasteiger partial charge in [0, 0.05) is 50.3 Å². The second kappa shape index (κ2) is 7.03. The summed E-state index contributed by atoms with van der Waals surface area (Å²) in [5, 5.41) is 0. The number of H-pyrrole nitrogens is 1. The number of urea groups is 1. The van der Waals surface area contributed by atoms with Crippen molar-refractivity contribution in [2.24, 2.45) is 5.73 Å². The highest BCUT2D eigenvalue weighted by Gasteiger charge is 2.28. The topological polar surface area (TPSA) is 98.6 Å². The summed E-state index contributed by atoms with van der Waals surface area (Å²) in [5.41, 5.74) is 8.64. The number of aromatic amines is 1. The maximum absolute atomic E-state index is 12.8. The number of primary amides is 1. The highest BCUT2D eigenvalue weighted by molar-refractivity contribution is 5.93. The number of imidazole rings is 1. The second-order valence-corrected chi connectivity index (χ2v) is 7.20. The molecule has 0 bridgehead atoms. The van der Waals surface area contributed by atoms with Gasteiger partial charge in [-0.25, -0.2) is 9.78 Å². The average Bonchev–Trinajstić information content (AvgIpc) is 3.11. The summed E-state index contributed by atoms with van der Waals surface area (Å²) < 4.78 is 0. The summed E-state index contributed by atoms with van der Waals surface area (Å²) in [7, 11) is 2.08. The van der Waals surface area contributed by atoms with E-state index in [1.807, 2.05) is 21.9 Å². The predicted molar refractivity (Wildman–Crippen MR) is 101 cm³/mol. The molecular weight excluding hydrogens is 344 g/mol. The smallest absolute Gasteiger partial charge is 0.320 e. The van der Waals surface area contributed by atoms with Gasteiger partial charge in [0.05, 0.1) is 17.9 Å². The zero-order valence-corrected chi connectivity index (χ0v) is 15.4. The van der Waals surface area contributed by atoms with Crippen molar-refractivity contribution in [3.05, 3.63) is 41.2 Å². The van der Waals surface area contributed by atoms with Crippen LogP contribution in [0.4, 0.5) is 4.79 Å². The highest BCUT2D eigenvalue weighted by Crippen LogP contribution is 2.24. The van der Waals surface area contributed by atoms with Crippen molar-refractivity contribution in [3.8, 4) is 11.4 Å². The first-order valence-corrected chi connectivity index (χ1v) is 9.21. The zero-order chi connectivity index (χ0) is 19.0. The van der Waals surface area contributed by atoms with Crippen LogP contribution in [0.2, 0.25) is 0 Å². The van der Waals surface area contributed by atoms with Gasteiger partial charge in [0.2, 0.25) is 5.91 Å². The number of likely N-dealkylation sites (N-methyl/N-ethyl adjacent to an activating group) is 1. The van der Waals surface area contributed by atoms with Gasteiger partial charge in [-0.2, -0.15) is 0 Å². The fraction of sp³-hybridized carbons (Fsp3) is 0.421. The molecule has 1 saturated heterocycles. The fourth-order valence-corrected chi connectivity index (χ4v) is 3.58. The van der Waals surface area contributed by atoms with E-state index in [-0.39, 0.29) is 6.03 Å². The molecule has 27 heavy (non-hydrogen) atoms. The molecule has 0 spiro atoms. The molecule has 0 radical (unpaired) electrons. The molecule has 2 aliphatic heterocycles. The van der Waals surface area contributed by atoms with Crippen LogP contribution in [0.5, 0.6) is 0 Å². The Balaban J connectivity index is 1.47. The van der Waals surface area contributed by atoms with Crippen LogP contribution in [0.15, 0.2) is 24.3 Å². The summed E-state index contributed by atoms with van der Waals surface area (Å²) >= 11 is 0. The van der Waals surface area contributed by atoms with Crippen molar-refractivity contribution in [3.63, 3.8) is 0 Å². The third kappa shape index (κ3) is 3.52. The number of benzene rings is 1. The fourth-order valence-electron chi connectivity index (χ4n) is 3.58. The standard InChI is InChI=1S/C19H24N6O2/c1-23-8-10-24(11-9-23)19(27)25-7-6-15-16(12-25)22-18(21-15)14-4-2-13(3-5-14)17(20)26/h2-5H,6-12H2,1H3,(H2,20,26)(H,21,22). The number of rotatable bonds is 2. The molecule has 3 amide bonds. The van der Waals surface area contributed by atoms with Crippen LogP contribution in [0.3, 0.4) is 0 Å². The SMILES string of the molecule is CN1CCN(C(=O)N2CCc3nc(-c4ccc(C(N)=O)cc4)[nH]c3C2)CC1. The lowest BCUT2D eigenvalue weighted by atomic mass is 10.1. The van der Waals surface area contributed by atoms with Crippen molar-refractivity contribution < 1.29 is 9.59 Å². The molecule has 8 nitrogen and oxygen atoms in total. The van der Waals surface area contributed by atoms with Crippen LogP contribution in [0.25, 0.3) is 11.4 Å². The Kier molecular flexibility index (Phi) is 4.57. The van der Waals surface area contributed by atoms with Crippen molar-refractivity contribution in [1.29, 1.82) is 0 Å². The maximum atomic E-state index is 12.8. The van der Waals surface area contributed by atoms with Crippen LogP contribution in [0, 0.1) is 0 Å². The third-order valence-electron chi connectivity index (χ3n) is 5.32. The lowest BCUT2D eigenvalue weighted by Gasteiger charge is -2.37. The van der Waals surface area contributed by atoms with E-state index < -0.39 is 5.91 Å². The summed E-state index contributed by atoms with van der Waals surface area (Å²) in [6.45, 7) is 4.62. The molecular formula is C19H24N6O2. The van der Waals surface area contributed by atoms with Gasteiger partial charge >= 0.3 is 6.03 Å². The molecule has 2 aromatic rings. The molecule has 0 saturated carbocycles. The molecule has 1 aromatic heterocycles. The normalized spacial score (nSPS) is 17.7. The molecule has 3 heterocycles. The summed E-state index contributed by atoms with van der Waals surface area (Å²) in [6, 6.07) is 7.16. The number of piperazine rings is 1. The predicted octanol–water partition coefficient (Wildman–Crippen LogP) is 0.901. The Morgan fingerprint density at radius 3 is 2.41 bits per heavy atom. The number of aromatic nitrogens is 2. The molecule has 4 rings (SSSR count). The number of fused-ring (bicyclic) bond motifs is 1. The number of hydrogen-bond acceptors (Lipinski definition) is 4. The van der Waals surface area contributed by atoms with Gasteiger partial charge in [-0.3, -0.25) is 4.79 Å². The largest absolute Gasteiger partial charge is 0.366 e. The van der Waals surface area contributed by atoms with Gasteiger partial charge < -0.3 is 25.4 Å². The maximum Gasteiger partial charge on any atom is 0.320 e. The number of nitrogens with one attached hydrogen (secondary N) is 1. The Morgan fingerprint density at radius 2 is 1.74 bits per heavy atom. The van der Waals surface area contributed by atoms with E-state index in [2.05, 4.69) is 21.9 Å². The molecule has 8 heteroatoms. The van der Waals surface area contributed by atoms with Gasteiger partial charge in [-0.15, -0.1) is 0 Å². The van der Waals surface area contributed by atoms with Gasteiger partial charge in [-0.1, -0.05) is 12.1 Å². The minimum absolute atomic E-state index is 0.107. The molecule has 3 N–H and O–H groups in total. The molecule has 0 aliphatic carbocycles. The van der Waals surface area contributed by atoms with Crippen LogP contribution in [-0.4, -0.2) is 76.4 Å².